The van der Waals surface area contributed by atoms with Crippen molar-refractivity contribution in [3.63, 3.8) is 0 Å². The lowest BCUT2D eigenvalue weighted by Gasteiger charge is -2.40. The molecule has 0 spiro atoms. The van der Waals surface area contributed by atoms with E-state index in [9.17, 15) is 4.79 Å². The van der Waals surface area contributed by atoms with E-state index in [1.165, 1.54) is 0 Å². The van der Waals surface area contributed by atoms with Crippen LogP contribution in [0.5, 0.6) is 5.75 Å². The lowest BCUT2D eigenvalue weighted by Crippen LogP contribution is -2.54. The molecule has 4 heterocycles. The third-order valence-corrected chi connectivity index (χ3v) is 5.17. The van der Waals surface area contributed by atoms with Gasteiger partial charge in [-0.05, 0) is 24.6 Å². The predicted molar refractivity (Wildman–Crippen MR) is 107 cm³/mol. The van der Waals surface area contributed by atoms with E-state index in [-0.39, 0.29) is 6.10 Å². The molecule has 1 aliphatic rings. The molecule has 0 aliphatic carbocycles. The average Bonchev–Trinajstić information content (AvgIpc) is 3.35. The van der Waals surface area contributed by atoms with Crippen LogP contribution < -0.4 is 15.4 Å². The van der Waals surface area contributed by atoms with Crippen LogP contribution in [-0.2, 0) is 0 Å². The van der Waals surface area contributed by atoms with Gasteiger partial charge in [0.25, 0.3) is 0 Å². The van der Waals surface area contributed by atoms with E-state index >= 15 is 0 Å². The van der Waals surface area contributed by atoms with Gasteiger partial charge in [-0.1, -0.05) is 6.07 Å². The van der Waals surface area contributed by atoms with Gasteiger partial charge in [0.1, 0.15) is 17.4 Å². The Hall–Kier alpha value is -3.88. The molecule has 1 aliphatic heterocycles. The molecule has 146 valence electrons. The third kappa shape index (κ3) is 2.87. The van der Waals surface area contributed by atoms with Crippen LogP contribution in [0.3, 0.4) is 0 Å². The maximum absolute atomic E-state index is 12.0. The molecule has 0 unspecified atom stereocenters. The number of aromatic nitrogens is 5. The van der Waals surface area contributed by atoms with Crippen molar-refractivity contribution < 1.29 is 9.53 Å². The topological polar surface area (TPSA) is 114 Å². The number of nitrogens with two attached hydrogens (primary N) is 1. The van der Waals surface area contributed by atoms with Gasteiger partial charge in [-0.3, -0.25) is 14.9 Å². The van der Waals surface area contributed by atoms with Crippen molar-refractivity contribution in [3.05, 3.63) is 60.3 Å². The lowest BCUT2D eigenvalue weighted by molar-refractivity contribution is 0.0999. The highest BCUT2D eigenvalue weighted by Crippen LogP contribution is 2.37. The van der Waals surface area contributed by atoms with Crippen LogP contribution in [0.15, 0.2) is 49.2 Å². The number of anilines is 1. The molecule has 1 aromatic carbocycles. The molecule has 4 aromatic rings. The van der Waals surface area contributed by atoms with E-state index in [0.717, 1.165) is 16.8 Å². The molecule has 0 radical (unpaired) electrons. The minimum atomic E-state index is -0.506. The first kappa shape index (κ1) is 17.2. The molecule has 9 heteroatoms. The summed E-state index contributed by atoms with van der Waals surface area (Å²) in [5, 5.41) is 11.3. The number of H-pyrrole nitrogens is 1. The van der Waals surface area contributed by atoms with Gasteiger partial charge in [0.2, 0.25) is 5.91 Å². The number of nitrogens with one attached hydrogen (secondary N) is 1. The van der Waals surface area contributed by atoms with Gasteiger partial charge in [-0.15, -0.1) is 0 Å². The van der Waals surface area contributed by atoms with Gasteiger partial charge >= 0.3 is 0 Å². The Kier molecular flexibility index (Phi) is 3.94. The van der Waals surface area contributed by atoms with Crippen LogP contribution in [0, 0.1) is 6.92 Å². The summed E-state index contributed by atoms with van der Waals surface area (Å²) in [5.41, 5.74) is 10.3. The number of hydrogen-bond acceptors (Lipinski definition) is 6. The molecular weight excluding hydrogens is 370 g/mol. The molecule has 3 N–H and O–H groups in total. The summed E-state index contributed by atoms with van der Waals surface area (Å²) >= 11 is 0. The molecule has 0 bridgehead atoms. The average molecular weight is 389 g/mol. The van der Waals surface area contributed by atoms with Crippen molar-refractivity contribution in [2.24, 2.45) is 5.73 Å². The number of rotatable bonds is 5. The van der Waals surface area contributed by atoms with Crippen molar-refractivity contribution in [1.29, 1.82) is 0 Å². The number of hydrogen-bond donors (Lipinski definition) is 2. The zero-order valence-corrected chi connectivity index (χ0v) is 15.7. The van der Waals surface area contributed by atoms with Crippen molar-refractivity contribution in [2.45, 2.75) is 13.0 Å². The molecule has 5 rings (SSSR count). The van der Waals surface area contributed by atoms with Gasteiger partial charge in [-0.25, -0.2) is 4.52 Å². The summed E-state index contributed by atoms with van der Waals surface area (Å²) in [6, 6.07) is 5.37. The second-order valence-electron chi connectivity index (χ2n) is 7.05. The number of amides is 1. The van der Waals surface area contributed by atoms with E-state index in [4.69, 9.17) is 10.5 Å². The van der Waals surface area contributed by atoms with Crippen molar-refractivity contribution in [2.75, 3.05) is 18.0 Å². The van der Waals surface area contributed by atoms with E-state index < -0.39 is 5.91 Å². The van der Waals surface area contributed by atoms with Crippen LogP contribution in [-0.4, -0.2) is 49.9 Å². The molecular formula is C20H19N7O2. The number of nitrogens with zero attached hydrogens (tertiary/aromatic N) is 5. The van der Waals surface area contributed by atoms with Gasteiger partial charge in [-0.2, -0.15) is 10.2 Å². The minimum absolute atomic E-state index is 0.0230. The smallest absolute Gasteiger partial charge is 0.249 e. The normalized spacial score (nSPS) is 14.2. The summed E-state index contributed by atoms with van der Waals surface area (Å²) in [5.74, 6) is 0.144. The van der Waals surface area contributed by atoms with Crippen molar-refractivity contribution in [3.8, 4) is 17.0 Å². The fourth-order valence-corrected chi connectivity index (χ4v) is 3.65. The van der Waals surface area contributed by atoms with E-state index in [2.05, 4.69) is 25.2 Å². The molecule has 3 aromatic heterocycles. The summed E-state index contributed by atoms with van der Waals surface area (Å²) in [6.07, 6.45) is 8.77. The first-order valence-corrected chi connectivity index (χ1v) is 9.24. The number of aryl methyl sites for hydroxylation is 1. The first-order chi connectivity index (χ1) is 14.1. The standard InChI is InChI=1S/C20H19N7O2/c1-12-2-3-14(20(21)28)18(15-4-5-23-25-15)19(12)29-13-10-26(11-13)16-9-24-27-7-6-22-8-17(16)27/h2-9,13H,10-11H2,1H3,(H2,21,28)(H,23,25). The quantitative estimate of drug-likeness (QED) is 0.538. The maximum Gasteiger partial charge on any atom is 0.249 e. The van der Waals surface area contributed by atoms with E-state index in [1.807, 2.05) is 25.4 Å². The van der Waals surface area contributed by atoms with Gasteiger partial charge < -0.3 is 15.4 Å². The van der Waals surface area contributed by atoms with Crippen LogP contribution >= 0.6 is 0 Å². The molecule has 0 saturated carbocycles. The number of aromatic amines is 1. The highest BCUT2D eigenvalue weighted by molar-refractivity contribution is 6.01. The Labute approximate surface area is 166 Å². The largest absolute Gasteiger partial charge is 0.486 e. The zero-order chi connectivity index (χ0) is 20.0. The Bertz CT molecular complexity index is 1190. The number of ether oxygens (including phenoxy) is 1. The Morgan fingerprint density at radius 2 is 2.10 bits per heavy atom. The monoisotopic (exact) mass is 389 g/mol. The number of primary amides is 1. The summed E-state index contributed by atoms with van der Waals surface area (Å²) in [7, 11) is 0. The number of carbonyl (C=O) groups excluding carboxylic acids is 1. The fraction of sp³-hybridized carbons (Fsp3) is 0.200. The third-order valence-electron chi connectivity index (χ3n) is 5.17. The van der Waals surface area contributed by atoms with Crippen LogP contribution in [0.4, 0.5) is 5.69 Å². The first-order valence-electron chi connectivity index (χ1n) is 9.24. The molecule has 1 fully saturated rings. The van der Waals surface area contributed by atoms with E-state index in [1.54, 1.807) is 35.2 Å². The van der Waals surface area contributed by atoms with Crippen LogP contribution in [0.1, 0.15) is 15.9 Å². The number of fused-ring (bicyclic) bond motifs is 1. The van der Waals surface area contributed by atoms with Crippen molar-refractivity contribution in [1.82, 2.24) is 24.8 Å². The zero-order valence-electron chi connectivity index (χ0n) is 15.7. The van der Waals surface area contributed by atoms with Gasteiger partial charge in [0, 0.05) is 18.6 Å². The molecule has 1 saturated heterocycles. The highest BCUT2D eigenvalue weighted by atomic mass is 16.5. The second-order valence-corrected chi connectivity index (χ2v) is 7.05. The second kappa shape index (κ2) is 6.62. The minimum Gasteiger partial charge on any atom is -0.486 e. The van der Waals surface area contributed by atoms with Crippen LogP contribution in [0.25, 0.3) is 16.8 Å². The van der Waals surface area contributed by atoms with Crippen LogP contribution in [0.2, 0.25) is 0 Å². The van der Waals surface area contributed by atoms with Crippen molar-refractivity contribution >= 4 is 17.1 Å². The molecule has 0 atom stereocenters. The molecule has 29 heavy (non-hydrogen) atoms. The Balaban J connectivity index is 1.42. The summed E-state index contributed by atoms with van der Waals surface area (Å²) in [6.45, 7) is 3.37. The van der Waals surface area contributed by atoms with Gasteiger partial charge in [0.15, 0.2) is 0 Å². The summed E-state index contributed by atoms with van der Waals surface area (Å²) < 4.78 is 8.13. The Morgan fingerprint density at radius 1 is 1.24 bits per heavy atom. The van der Waals surface area contributed by atoms with E-state index in [0.29, 0.717) is 35.7 Å². The number of carbonyl (C=O) groups is 1. The van der Waals surface area contributed by atoms with Gasteiger partial charge in [0.05, 0.1) is 48.0 Å². The Morgan fingerprint density at radius 3 is 2.86 bits per heavy atom. The summed E-state index contributed by atoms with van der Waals surface area (Å²) in [4.78, 5) is 18.4. The SMILES string of the molecule is Cc1ccc(C(N)=O)c(-c2ccn[nH]2)c1OC1CN(c2cnn3ccncc23)C1. The highest BCUT2D eigenvalue weighted by Gasteiger charge is 2.32. The molecule has 9 nitrogen and oxygen atoms in total. The predicted octanol–water partition coefficient (Wildman–Crippen LogP) is 1.79. The maximum atomic E-state index is 12.0. The number of benzene rings is 1. The lowest BCUT2D eigenvalue weighted by atomic mass is 9.99. The molecule has 1 amide bonds. The fourth-order valence-electron chi connectivity index (χ4n) is 3.65.